The number of ketones is 1. The number of para-hydroxylation sites is 1. The number of hydrogen-bond acceptors (Lipinski definition) is 8. The van der Waals surface area contributed by atoms with E-state index in [-0.39, 0.29) is 27.6 Å². The number of aromatic carboxylic acids is 2. The summed E-state index contributed by atoms with van der Waals surface area (Å²) in [4.78, 5) is 63.7. The van der Waals surface area contributed by atoms with Gasteiger partial charge in [0.2, 0.25) is 0 Å². The Morgan fingerprint density at radius 2 is 1.26 bits per heavy atom. The molecule has 3 rings (SSSR count). The Bertz CT molecular complexity index is 2010. The molecule has 0 spiro atoms. The van der Waals surface area contributed by atoms with Gasteiger partial charge in [-0.3, -0.25) is 19.1 Å². The maximum atomic E-state index is 13.8. The minimum atomic E-state index is -4.64. The molecule has 0 aliphatic heterocycles. The zero-order valence-corrected chi connectivity index (χ0v) is 34.3. The van der Waals surface area contributed by atoms with E-state index in [2.05, 4.69) is 12.2 Å². The molecule has 0 aromatic heterocycles. The highest BCUT2D eigenvalue weighted by Crippen LogP contribution is 2.33. The number of benzene rings is 3. The molecular formula is C42H54ClN3O11S. The van der Waals surface area contributed by atoms with E-state index in [0.717, 1.165) is 31.7 Å². The Hall–Kier alpha value is -4.99. The van der Waals surface area contributed by atoms with Crippen LogP contribution in [-0.2, 0) is 15.0 Å². The molecule has 1 unspecified atom stereocenters. The number of Topliss-reactive ketones (excluding diaryl/α,β-unsaturated/α-hetero) is 1. The summed E-state index contributed by atoms with van der Waals surface area (Å²) < 4.78 is 31.4. The zero-order valence-electron chi connectivity index (χ0n) is 32.8. The number of aliphatic carboxylic acids is 1. The first-order valence-electron chi connectivity index (χ1n) is 19.7. The number of carboxylic acids is 3. The monoisotopic (exact) mass is 843 g/mol. The van der Waals surface area contributed by atoms with E-state index in [0.29, 0.717) is 18.7 Å². The lowest BCUT2D eigenvalue weighted by molar-refractivity contribution is -0.137. The van der Waals surface area contributed by atoms with Crippen molar-refractivity contribution in [3.63, 3.8) is 0 Å². The highest BCUT2D eigenvalue weighted by atomic mass is 35.5. The van der Waals surface area contributed by atoms with Crippen LogP contribution in [0, 0.1) is 0 Å². The number of carbonyl (C=O) groups is 5. The molecule has 0 saturated carbocycles. The van der Waals surface area contributed by atoms with Crippen molar-refractivity contribution in [3.05, 3.63) is 87.4 Å². The number of nitrogens with two attached hydrogens (primary N) is 1. The van der Waals surface area contributed by atoms with Gasteiger partial charge in [-0.05, 0) is 48.4 Å². The van der Waals surface area contributed by atoms with Crippen LogP contribution >= 0.6 is 11.6 Å². The number of rotatable bonds is 28. The number of carboxylic acid groups (broad SMARTS) is 3. The van der Waals surface area contributed by atoms with Crippen molar-refractivity contribution in [1.82, 2.24) is 0 Å². The SMILES string of the molecule is CCCCCCCCCCCCCCCCCCOc1ccccc1C(=O)C(C(=O)O)c1ccc(Cl)c(NC(=O)c2c(NS(N)(=O)=O)cc(C(=O)O)cc2C(=O)O)c1. The second kappa shape index (κ2) is 24.1. The number of nitrogens with one attached hydrogen (secondary N) is 2. The molecule has 0 fully saturated rings. The molecule has 3 aromatic carbocycles. The summed E-state index contributed by atoms with van der Waals surface area (Å²) in [5.74, 6) is -8.59. The van der Waals surface area contributed by atoms with E-state index in [1.165, 1.54) is 95.2 Å². The van der Waals surface area contributed by atoms with Crippen molar-refractivity contribution in [2.45, 2.75) is 116 Å². The smallest absolute Gasteiger partial charge is 0.336 e. The number of halogens is 1. The van der Waals surface area contributed by atoms with E-state index in [1.54, 1.807) is 22.9 Å². The molecule has 0 radical (unpaired) electrons. The number of hydrogen-bond donors (Lipinski definition) is 6. The van der Waals surface area contributed by atoms with E-state index < -0.39 is 68.1 Å². The molecule has 0 aliphatic carbocycles. The molecule has 16 heteroatoms. The van der Waals surface area contributed by atoms with Crippen LogP contribution in [0.3, 0.4) is 0 Å². The Morgan fingerprint density at radius 1 is 0.707 bits per heavy atom. The standard InChI is InChI=1S/C42H54ClN3O11S/c1-2-3-4-5-6-7-8-9-10-11-12-13-14-15-16-19-24-57-35-21-18-17-20-30(35)38(47)36(42(53)54)28-22-23-32(43)33(26-28)45-39(48)37-31(41(51)52)25-29(40(49)50)27-34(37)46-58(44,55)56/h17-18,20-23,25-27,36,46H,2-16,19,24H2,1H3,(H,45,48)(H,49,50)(H,51,52)(H,53,54)(H2,44,55,56). The second-order valence-corrected chi connectivity index (χ2v) is 15.9. The van der Waals surface area contributed by atoms with Gasteiger partial charge in [0.15, 0.2) is 5.78 Å². The van der Waals surface area contributed by atoms with Gasteiger partial charge in [-0.15, -0.1) is 0 Å². The fraction of sp³-hybridized carbons (Fsp3) is 0.452. The van der Waals surface area contributed by atoms with Crippen LogP contribution in [0.2, 0.25) is 5.02 Å². The number of carbonyl (C=O) groups excluding carboxylic acids is 2. The summed E-state index contributed by atoms with van der Waals surface area (Å²) in [6, 6.07) is 11.2. The quantitative estimate of drug-likeness (QED) is 0.0229. The van der Waals surface area contributed by atoms with Crippen molar-refractivity contribution in [3.8, 4) is 5.75 Å². The van der Waals surface area contributed by atoms with Crippen LogP contribution in [0.1, 0.15) is 163 Å². The fourth-order valence-corrected chi connectivity index (χ4v) is 7.24. The Kier molecular flexibility index (Phi) is 19.7. The van der Waals surface area contributed by atoms with Crippen molar-refractivity contribution >= 4 is 62.8 Å². The molecule has 7 N–H and O–H groups in total. The molecule has 0 saturated heterocycles. The average Bonchev–Trinajstić information content (AvgIpc) is 3.16. The van der Waals surface area contributed by atoms with Gasteiger partial charge >= 0.3 is 17.9 Å². The Morgan fingerprint density at radius 3 is 1.78 bits per heavy atom. The van der Waals surface area contributed by atoms with E-state index in [1.807, 2.05) is 0 Å². The van der Waals surface area contributed by atoms with Crippen molar-refractivity contribution in [2.75, 3.05) is 16.6 Å². The fourth-order valence-electron chi connectivity index (χ4n) is 6.61. The summed E-state index contributed by atoms with van der Waals surface area (Å²) in [7, 11) is -4.64. The largest absolute Gasteiger partial charge is 0.493 e. The first-order chi connectivity index (χ1) is 27.6. The van der Waals surface area contributed by atoms with Gasteiger partial charge in [-0.2, -0.15) is 8.42 Å². The lowest BCUT2D eigenvalue weighted by Gasteiger charge is -2.18. The molecule has 0 aliphatic rings. The number of amides is 1. The van der Waals surface area contributed by atoms with Crippen molar-refractivity contribution in [2.24, 2.45) is 5.14 Å². The third-order valence-electron chi connectivity index (χ3n) is 9.58. The third-order valence-corrected chi connectivity index (χ3v) is 10.4. The predicted octanol–water partition coefficient (Wildman–Crippen LogP) is 9.30. The molecule has 316 valence electrons. The van der Waals surface area contributed by atoms with Gasteiger partial charge in [0.25, 0.3) is 16.1 Å². The summed E-state index contributed by atoms with van der Waals surface area (Å²) in [5, 5.41) is 36.6. The lowest BCUT2D eigenvalue weighted by atomic mass is 9.90. The molecule has 1 amide bonds. The molecule has 1 atom stereocenters. The van der Waals surface area contributed by atoms with Gasteiger partial charge in [-0.1, -0.05) is 133 Å². The Balaban J connectivity index is 1.63. The van der Waals surface area contributed by atoms with E-state index >= 15 is 0 Å². The second-order valence-electron chi connectivity index (χ2n) is 14.2. The molecule has 0 heterocycles. The Labute approximate surface area is 344 Å². The maximum Gasteiger partial charge on any atom is 0.336 e. The van der Waals surface area contributed by atoms with Gasteiger partial charge in [0.1, 0.15) is 11.7 Å². The minimum Gasteiger partial charge on any atom is -0.493 e. The summed E-state index contributed by atoms with van der Waals surface area (Å²) in [6.45, 7) is 2.56. The molecule has 14 nitrogen and oxygen atoms in total. The topological polar surface area (TPSA) is 239 Å². The molecule has 58 heavy (non-hydrogen) atoms. The van der Waals surface area contributed by atoms with E-state index in [9.17, 15) is 47.7 Å². The maximum absolute atomic E-state index is 13.8. The normalized spacial score (nSPS) is 11.8. The molecule has 3 aromatic rings. The van der Waals surface area contributed by atoms with Gasteiger partial charge in [-0.25, -0.2) is 14.7 Å². The summed E-state index contributed by atoms with van der Waals surface area (Å²) >= 11 is 6.32. The number of anilines is 2. The highest BCUT2D eigenvalue weighted by molar-refractivity contribution is 7.90. The minimum absolute atomic E-state index is 0.0234. The number of unbranched alkanes of at least 4 members (excludes halogenated alkanes) is 15. The molecule has 0 bridgehead atoms. The van der Waals surface area contributed by atoms with Gasteiger partial charge in [0.05, 0.1) is 45.3 Å². The van der Waals surface area contributed by atoms with Crippen molar-refractivity contribution < 1.29 is 52.4 Å². The van der Waals surface area contributed by atoms with Crippen LogP contribution < -0.4 is 19.9 Å². The lowest BCUT2D eigenvalue weighted by Crippen LogP contribution is -2.26. The summed E-state index contributed by atoms with van der Waals surface area (Å²) in [6.07, 6.45) is 19.6. The van der Waals surface area contributed by atoms with Crippen LogP contribution in [0.4, 0.5) is 11.4 Å². The van der Waals surface area contributed by atoms with Gasteiger partial charge < -0.3 is 25.4 Å². The average molecular weight is 844 g/mol. The van der Waals surface area contributed by atoms with Crippen molar-refractivity contribution in [1.29, 1.82) is 0 Å². The van der Waals surface area contributed by atoms with Crippen LogP contribution in [0.15, 0.2) is 54.6 Å². The van der Waals surface area contributed by atoms with Crippen LogP contribution in [-0.4, -0.2) is 59.9 Å². The first kappa shape index (κ1) is 47.4. The highest BCUT2D eigenvalue weighted by Gasteiger charge is 2.32. The third kappa shape index (κ3) is 15.4. The number of ether oxygens (including phenoxy) is 1. The van der Waals surface area contributed by atoms with Crippen LogP contribution in [0.25, 0.3) is 0 Å². The zero-order chi connectivity index (χ0) is 42.7. The molecular weight excluding hydrogens is 790 g/mol. The van der Waals surface area contributed by atoms with Gasteiger partial charge in [0, 0.05) is 0 Å². The predicted molar refractivity (Wildman–Crippen MR) is 223 cm³/mol. The first-order valence-corrected chi connectivity index (χ1v) is 21.6. The van der Waals surface area contributed by atoms with E-state index in [4.69, 9.17) is 21.5 Å². The summed E-state index contributed by atoms with van der Waals surface area (Å²) in [5.41, 5.74) is -3.50. The van der Waals surface area contributed by atoms with Crippen LogP contribution in [0.5, 0.6) is 5.75 Å².